The number of carbonyl (C=O) groups excluding carboxylic acids is 2. The molecule has 0 spiro atoms. The number of amides is 2. The van der Waals surface area contributed by atoms with Crippen molar-refractivity contribution >= 4 is 22.7 Å². The zero-order valence-electron chi connectivity index (χ0n) is 15.9. The van der Waals surface area contributed by atoms with Gasteiger partial charge in [-0.1, -0.05) is 12.1 Å². The van der Waals surface area contributed by atoms with Crippen LogP contribution in [0.2, 0.25) is 0 Å². The van der Waals surface area contributed by atoms with Crippen LogP contribution in [-0.2, 0) is 4.79 Å². The van der Waals surface area contributed by atoms with Crippen LogP contribution in [0.4, 0.5) is 0 Å². The molecule has 0 radical (unpaired) electrons. The maximum atomic E-state index is 12.9. The Morgan fingerprint density at radius 2 is 1.96 bits per heavy atom. The van der Waals surface area contributed by atoms with Gasteiger partial charge in [-0.05, 0) is 32.3 Å². The fraction of sp³-hybridized carbons (Fsp3) is 0.550. The molecule has 2 aromatic rings. The maximum absolute atomic E-state index is 12.9. The third-order valence-corrected chi connectivity index (χ3v) is 5.85. The van der Waals surface area contributed by atoms with Crippen LogP contribution in [-0.4, -0.2) is 82.0 Å². The Morgan fingerprint density at radius 3 is 2.74 bits per heavy atom. The number of benzene rings is 1. The Hall–Kier alpha value is -2.41. The second-order valence-corrected chi connectivity index (χ2v) is 7.64. The van der Waals surface area contributed by atoms with Crippen LogP contribution in [0.3, 0.4) is 0 Å². The average Bonchev–Trinajstić information content (AvgIpc) is 3.17. The van der Waals surface area contributed by atoms with E-state index in [1.807, 2.05) is 28.0 Å². The van der Waals surface area contributed by atoms with Crippen molar-refractivity contribution in [1.29, 1.82) is 0 Å². The first-order valence-corrected chi connectivity index (χ1v) is 9.86. The van der Waals surface area contributed by atoms with E-state index < -0.39 is 0 Å². The maximum Gasteiger partial charge on any atom is 0.256 e. The van der Waals surface area contributed by atoms with Crippen LogP contribution in [0, 0.1) is 0 Å². The van der Waals surface area contributed by atoms with Crippen molar-refractivity contribution in [3.8, 4) is 0 Å². The number of hydrogen-bond donors (Lipinski definition) is 1. The number of carbonyl (C=O) groups is 2. The number of fused-ring (bicyclic) bond motifs is 1. The number of nitrogens with zero attached hydrogens (tertiary/aromatic N) is 4. The van der Waals surface area contributed by atoms with Gasteiger partial charge in [0, 0.05) is 44.2 Å². The lowest BCUT2D eigenvalue weighted by Gasteiger charge is -2.38. The molecule has 0 bridgehead atoms. The second-order valence-electron chi connectivity index (χ2n) is 7.64. The summed E-state index contributed by atoms with van der Waals surface area (Å²) in [5, 5.41) is 7.91. The van der Waals surface area contributed by atoms with Gasteiger partial charge in [-0.15, -0.1) is 0 Å². The quantitative estimate of drug-likeness (QED) is 0.894. The van der Waals surface area contributed by atoms with E-state index >= 15 is 0 Å². The van der Waals surface area contributed by atoms with Gasteiger partial charge in [0.25, 0.3) is 5.91 Å². The van der Waals surface area contributed by atoms with Gasteiger partial charge in [0.05, 0.1) is 23.8 Å². The fourth-order valence-corrected chi connectivity index (χ4v) is 4.18. The minimum atomic E-state index is 0.0282. The molecule has 2 saturated heterocycles. The van der Waals surface area contributed by atoms with Crippen molar-refractivity contribution in [2.24, 2.45) is 0 Å². The molecule has 0 saturated carbocycles. The standard InChI is InChI=1S/C20H27N5O2/c1-15-5-2-3-8-25(15)18(26)14-23-9-11-24(12-10-23)20(27)17-7-4-6-16-13-21-22-19(16)17/h4,6-7,13,15H,2-3,5,8-12,14H2,1H3,(H,21,22). The van der Waals surface area contributed by atoms with E-state index in [-0.39, 0.29) is 11.8 Å². The Kier molecular flexibility index (Phi) is 5.11. The van der Waals surface area contributed by atoms with Crippen LogP contribution in [0.1, 0.15) is 36.5 Å². The van der Waals surface area contributed by atoms with Gasteiger partial charge in [0.15, 0.2) is 0 Å². The molecule has 2 amide bonds. The molecule has 1 atom stereocenters. The molecule has 1 aromatic carbocycles. The van der Waals surface area contributed by atoms with Crippen molar-refractivity contribution in [3.05, 3.63) is 30.0 Å². The summed E-state index contributed by atoms with van der Waals surface area (Å²) in [5.41, 5.74) is 1.45. The Morgan fingerprint density at radius 1 is 1.15 bits per heavy atom. The van der Waals surface area contributed by atoms with Crippen molar-refractivity contribution < 1.29 is 9.59 Å². The minimum Gasteiger partial charge on any atom is -0.339 e. The average molecular weight is 369 g/mol. The lowest BCUT2D eigenvalue weighted by molar-refractivity contribution is -0.136. The van der Waals surface area contributed by atoms with Gasteiger partial charge in [0.2, 0.25) is 5.91 Å². The Bertz CT molecular complexity index is 825. The molecule has 7 heteroatoms. The predicted octanol–water partition coefficient (Wildman–Crippen LogP) is 1.72. The van der Waals surface area contributed by atoms with Crippen LogP contribution in [0.25, 0.3) is 10.9 Å². The van der Waals surface area contributed by atoms with Crippen LogP contribution >= 0.6 is 0 Å². The molecule has 1 unspecified atom stereocenters. The van der Waals surface area contributed by atoms with E-state index in [9.17, 15) is 9.59 Å². The predicted molar refractivity (Wildman–Crippen MR) is 103 cm³/mol. The molecule has 27 heavy (non-hydrogen) atoms. The zero-order valence-corrected chi connectivity index (χ0v) is 15.9. The van der Waals surface area contributed by atoms with E-state index in [0.29, 0.717) is 31.2 Å². The molecule has 2 fully saturated rings. The summed E-state index contributed by atoms with van der Waals surface area (Å²) in [6.45, 7) is 6.24. The van der Waals surface area contributed by atoms with E-state index in [0.717, 1.165) is 43.4 Å². The van der Waals surface area contributed by atoms with Gasteiger partial charge < -0.3 is 9.80 Å². The number of nitrogens with one attached hydrogen (secondary N) is 1. The van der Waals surface area contributed by atoms with E-state index in [2.05, 4.69) is 22.0 Å². The molecule has 3 heterocycles. The topological polar surface area (TPSA) is 72.5 Å². The summed E-state index contributed by atoms with van der Waals surface area (Å²) in [5.74, 6) is 0.254. The number of piperidine rings is 1. The fourth-order valence-electron chi connectivity index (χ4n) is 4.18. The summed E-state index contributed by atoms with van der Waals surface area (Å²) < 4.78 is 0. The summed E-state index contributed by atoms with van der Waals surface area (Å²) in [6, 6.07) is 6.03. The van der Waals surface area contributed by atoms with E-state index in [4.69, 9.17) is 0 Å². The zero-order chi connectivity index (χ0) is 18.8. The van der Waals surface area contributed by atoms with E-state index in [1.165, 1.54) is 6.42 Å². The smallest absolute Gasteiger partial charge is 0.256 e. The van der Waals surface area contributed by atoms with Gasteiger partial charge in [-0.25, -0.2) is 0 Å². The van der Waals surface area contributed by atoms with Gasteiger partial charge in [-0.2, -0.15) is 5.10 Å². The molecule has 0 aliphatic carbocycles. The lowest BCUT2D eigenvalue weighted by Crippen LogP contribution is -2.53. The van der Waals surface area contributed by atoms with Crippen molar-refractivity contribution in [2.45, 2.75) is 32.2 Å². The molecule has 144 valence electrons. The summed E-state index contributed by atoms with van der Waals surface area (Å²) in [4.78, 5) is 31.6. The SMILES string of the molecule is CC1CCCCN1C(=O)CN1CCN(C(=O)c2cccc3cn[nH]c23)CC1. The highest BCUT2D eigenvalue weighted by Crippen LogP contribution is 2.19. The number of H-pyrrole nitrogens is 1. The van der Waals surface area contributed by atoms with Crippen LogP contribution in [0.15, 0.2) is 24.4 Å². The van der Waals surface area contributed by atoms with Crippen LogP contribution in [0.5, 0.6) is 0 Å². The first-order chi connectivity index (χ1) is 13.1. The van der Waals surface area contributed by atoms with Crippen molar-refractivity contribution in [2.75, 3.05) is 39.3 Å². The van der Waals surface area contributed by atoms with Crippen molar-refractivity contribution in [3.63, 3.8) is 0 Å². The summed E-state index contributed by atoms with van der Waals surface area (Å²) >= 11 is 0. The minimum absolute atomic E-state index is 0.0282. The normalized spacial score (nSPS) is 21.6. The molecule has 1 aromatic heterocycles. The molecule has 4 rings (SSSR count). The van der Waals surface area contributed by atoms with Crippen molar-refractivity contribution in [1.82, 2.24) is 24.9 Å². The Labute approximate surface area is 159 Å². The third-order valence-electron chi connectivity index (χ3n) is 5.85. The highest BCUT2D eigenvalue weighted by molar-refractivity contribution is 6.05. The molecule has 7 nitrogen and oxygen atoms in total. The number of aromatic amines is 1. The van der Waals surface area contributed by atoms with Gasteiger partial charge in [-0.3, -0.25) is 19.6 Å². The first-order valence-electron chi connectivity index (χ1n) is 9.86. The third kappa shape index (κ3) is 3.69. The monoisotopic (exact) mass is 369 g/mol. The molecule has 1 N–H and O–H groups in total. The lowest BCUT2D eigenvalue weighted by atomic mass is 10.0. The molecular formula is C20H27N5O2. The Balaban J connectivity index is 1.34. The molecular weight excluding hydrogens is 342 g/mol. The number of hydrogen-bond acceptors (Lipinski definition) is 4. The molecule has 2 aliphatic heterocycles. The summed E-state index contributed by atoms with van der Waals surface area (Å²) in [6.07, 6.45) is 5.16. The second kappa shape index (κ2) is 7.68. The highest BCUT2D eigenvalue weighted by Gasteiger charge is 2.28. The number of piperazine rings is 1. The molecule has 2 aliphatic rings. The summed E-state index contributed by atoms with van der Waals surface area (Å²) in [7, 11) is 0. The first kappa shape index (κ1) is 18.0. The number of likely N-dealkylation sites (tertiary alicyclic amines) is 1. The van der Waals surface area contributed by atoms with Crippen LogP contribution < -0.4 is 0 Å². The van der Waals surface area contributed by atoms with E-state index in [1.54, 1.807) is 6.20 Å². The number of para-hydroxylation sites is 1. The number of rotatable bonds is 3. The highest BCUT2D eigenvalue weighted by atomic mass is 16.2. The largest absolute Gasteiger partial charge is 0.339 e. The number of aromatic nitrogens is 2. The van der Waals surface area contributed by atoms with Gasteiger partial charge in [0.1, 0.15) is 0 Å². The van der Waals surface area contributed by atoms with Gasteiger partial charge >= 0.3 is 0 Å².